The first-order valence-corrected chi connectivity index (χ1v) is 8.19. The Kier molecular flexibility index (Phi) is 5.12. The molecule has 0 spiro atoms. The Hall–Kier alpha value is -3.74. The predicted octanol–water partition coefficient (Wildman–Crippen LogP) is 3.69. The van der Waals surface area contributed by atoms with Crippen molar-refractivity contribution in [2.75, 3.05) is 10.6 Å². The van der Waals surface area contributed by atoms with Crippen LogP contribution in [0.25, 0.3) is 0 Å². The minimum absolute atomic E-state index is 0.0798. The molecule has 0 radical (unpaired) electrons. The highest BCUT2D eigenvalue weighted by molar-refractivity contribution is 6.07. The van der Waals surface area contributed by atoms with Crippen molar-refractivity contribution in [3.8, 4) is 0 Å². The third kappa shape index (κ3) is 4.46. The Morgan fingerprint density at radius 3 is 2.04 bits per heavy atom. The second-order valence-corrected chi connectivity index (χ2v) is 5.95. The molecule has 0 saturated carbocycles. The number of hydrogen-bond acceptors (Lipinski definition) is 5. The Balaban J connectivity index is 1.67. The molecule has 136 valence electrons. The van der Waals surface area contributed by atoms with Gasteiger partial charge in [0.1, 0.15) is 5.76 Å². The van der Waals surface area contributed by atoms with Gasteiger partial charge in [0.2, 0.25) is 0 Å². The second-order valence-electron chi connectivity index (χ2n) is 5.95. The Morgan fingerprint density at radius 1 is 0.852 bits per heavy atom. The van der Waals surface area contributed by atoms with Crippen LogP contribution in [0, 0.1) is 6.92 Å². The Labute approximate surface area is 155 Å². The number of nitrogens with zero attached hydrogens (tertiary/aromatic N) is 1. The molecule has 27 heavy (non-hydrogen) atoms. The molecule has 3 aromatic rings. The second kappa shape index (κ2) is 7.65. The standard InChI is InChI=1S/C20H17N3O4/c1-12-10-18(23-27-12)22-20(26)15-8-6-14(7-9-15)19(25)21-17-5-3-4-16(11-17)13(2)24/h3-11H,1-2H3,(H,21,25)(H,22,23,26). The summed E-state index contributed by atoms with van der Waals surface area (Å²) in [6, 6.07) is 14.5. The molecule has 2 aromatic carbocycles. The first kappa shape index (κ1) is 18.1. The number of hydrogen-bond donors (Lipinski definition) is 2. The van der Waals surface area contributed by atoms with Crippen LogP contribution < -0.4 is 10.6 Å². The highest BCUT2D eigenvalue weighted by atomic mass is 16.5. The molecule has 0 atom stereocenters. The normalized spacial score (nSPS) is 10.3. The van der Waals surface area contributed by atoms with Crippen LogP contribution in [0.4, 0.5) is 11.5 Å². The first-order valence-electron chi connectivity index (χ1n) is 8.19. The minimum atomic E-state index is -0.357. The molecule has 1 aromatic heterocycles. The number of ketones is 1. The number of benzene rings is 2. The summed E-state index contributed by atoms with van der Waals surface area (Å²) in [7, 11) is 0. The molecule has 7 heteroatoms. The van der Waals surface area contributed by atoms with Gasteiger partial charge in [0.25, 0.3) is 11.8 Å². The lowest BCUT2D eigenvalue weighted by molar-refractivity contribution is 0.101. The van der Waals surface area contributed by atoms with Gasteiger partial charge in [0.15, 0.2) is 11.6 Å². The fraction of sp³-hybridized carbons (Fsp3) is 0.100. The number of aromatic nitrogens is 1. The third-order valence-electron chi connectivity index (χ3n) is 3.81. The first-order chi connectivity index (χ1) is 12.9. The lowest BCUT2D eigenvalue weighted by Crippen LogP contribution is -2.14. The average molecular weight is 363 g/mol. The lowest BCUT2D eigenvalue weighted by Gasteiger charge is -2.07. The Morgan fingerprint density at radius 2 is 1.48 bits per heavy atom. The molecule has 0 fully saturated rings. The number of aryl methyl sites for hydroxylation is 1. The maximum atomic E-state index is 12.4. The summed E-state index contributed by atoms with van der Waals surface area (Å²) in [6.07, 6.45) is 0. The van der Waals surface area contributed by atoms with Crippen molar-refractivity contribution >= 4 is 29.1 Å². The smallest absolute Gasteiger partial charge is 0.256 e. The van der Waals surface area contributed by atoms with E-state index in [9.17, 15) is 14.4 Å². The van der Waals surface area contributed by atoms with Crippen molar-refractivity contribution in [2.45, 2.75) is 13.8 Å². The van der Waals surface area contributed by atoms with E-state index < -0.39 is 0 Å². The van der Waals surface area contributed by atoms with E-state index in [1.54, 1.807) is 61.5 Å². The van der Waals surface area contributed by atoms with Crippen LogP contribution in [0.15, 0.2) is 59.1 Å². The average Bonchev–Trinajstić information content (AvgIpc) is 3.06. The number of nitrogens with one attached hydrogen (secondary N) is 2. The molecule has 7 nitrogen and oxygen atoms in total. The zero-order valence-corrected chi connectivity index (χ0v) is 14.8. The van der Waals surface area contributed by atoms with Crippen LogP contribution in [0.2, 0.25) is 0 Å². The molecule has 0 aliphatic rings. The van der Waals surface area contributed by atoms with E-state index in [2.05, 4.69) is 15.8 Å². The monoisotopic (exact) mass is 363 g/mol. The summed E-state index contributed by atoms with van der Waals surface area (Å²) < 4.78 is 4.89. The molecule has 2 amide bonds. The number of rotatable bonds is 5. The van der Waals surface area contributed by atoms with Crippen molar-refractivity contribution < 1.29 is 18.9 Å². The van der Waals surface area contributed by atoms with E-state index >= 15 is 0 Å². The van der Waals surface area contributed by atoms with Crippen LogP contribution in [-0.4, -0.2) is 22.8 Å². The molecule has 0 saturated heterocycles. The van der Waals surface area contributed by atoms with Crippen molar-refractivity contribution in [3.63, 3.8) is 0 Å². The van der Waals surface area contributed by atoms with Gasteiger partial charge in [-0.1, -0.05) is 17.3 Å². The van der Waals surface area contributed by atoms with Gasteiger partial charge in [-0.2, -0.15) is 0 Å². The largest absolute Gasteiger partial charge is 0.360 e. The van der Waals surface area contributed by atoms with Crippen molar-refractivity contribution in [1.82, 2.24) is 5.16 Å². The van der Waals surface area contributed by atoms with Crippen molar-refractivity contribution in [2.24, 2.45) is 0 Å². The molecule has 0 aliphatic heterocycles. The molecular weight excluding hydrogens is 346 g/mol. The number of Topliss-reactive ketones (excluding diaryl/α,β-unsaturated/α-hetero) is 1. The summed E-state index contributed by atoms with van der Waals surface area (Å²) >= 11 is 0. The summed E-state index contributed by atoms with van der Waals surface area (Å²) in [6.45, 7) is 3.19. The van der Waals surface area contributed by atoms with Gasteiger partial charge in [0, 0.05) is 28.4 Å². The molecular formula is C20H17N3O4. The van der Waals surface area contributed by atoms with E-state index in [0.717, 1.165) is 0 Å². The van der Waals surface area contributed by atoms with Gasteiger partial charge in [-0.15, -0.1) is 0 Å². The SMILES string of the molecule is CC(=O)c1cccc(NC(=O)c2ccc(C(=O)Nc3cc(C)on3)cc2)c1. The highest BCUT2D eigenvalue weighted by Gasteiger charge is 2.11. The van der Waals surface area contributed by atoms with Gasteiger partial charge in [-0.3, -0.25) is 14.4 Å². The van der Waals surface area contributed by atoms with Crippen LogP contribution >= 0.6 is 0 Å². The minimum Gasteiger partial charge on any atom is -0.360 e. The molecule has 0 aliphatic carbocycles. The summed E-state index contributed by atoms with van der Waals surface area (Å²) in [4.78, 5) is 35.9. The van der Waals surface area contributed by atoms with E-state index in [-0.39, 0.29) is 17.6 Å². The van der Waals surface area contributed by atoms with Crippen LogP contribution in [0.5, 0.6) is 0 Å². The fourth-order valence-corrected chi connectivity index (χ4v) is 2.41. The molecule has 3 rings (SSSR count). The quantitative estimate of drug-likeness (QED) is 0.673. The van der Waals surface area contributed by atoms with Crippen molar-refractivity contribution in [3.05, 3.63) is 77.0 Å². The number of amides is 2. The fourth-order valence-electron chi connectivity index (χ4n) is 2.41. The number of anilines is 2. The molecule has 2 N–H and O–H groups in total. The van der Waals surface area contributed by atoms with Crippen molar-refractivity contribution in [1.29, 1.82) is 0 Å². The van der Waals surface area contributed by atoms with Crippen LogP contribution in [-0.2, 0) is 0 Å². The molecule has 0 bridgehead atoms. The highest BCUT2D eigenvalue weighted by Crippen LogP contribution is 2.14. The number of carbonyl (C=O) groups is 3. The van der Waals surface area contributed by atoms with Gasteiger partial charge in [-0.05, 0) is 50.2 Å². The van der Waals surface area contributed by atoms with Gasteiger partial charge in [0.05, 0.1) is 0 Å². The van der Waals surface area contributed by atoms with E-state index in [4.69, 9.17) is 4.52 Å². The maximum absolute atomic E-state index is 12.4. The van der Waals surface area contributed by atoms with E-state index in [0.29, 0.717) is 34.0 Å². The maximum Gasteiger partial charge on any atom is 0.256 e. The van der Waals surface area contributed by atoms with E-state index in [1.807, 2.05) is 0 Å². The van der Waals surface area contributed by atoms with Gasteiger partial charge in [-0.25, -0.2) is 0 Å². The topological polar surface area (TPSA) is 101 Å². The molecule has 1 heterocycles. The van der Waals surface area contributed by atoms with Crippen LogP contribution in [0.3, 0.4) is 0 Å². The van der Waals surface area contributed by atoms with Gasteiger partial charge >= 0.3 is 0 Å². The summed E-state index contributed by atoms with van der Waals surface area (Å²) in [5.74, 6) is 0.138. The molecule has 0 unspecified atom stereocenters. The number of carbonyl (C=O) groups excluding carboxylic acids is 3. The zero-order valence-electron chi connectivity index (χ0n) is 14.8. The summed E-state index contributed by atoms with van der Waals surface area (Å²) in [5.41, 5.74) is 1.81. The predicted molar refractivity (Wildman–Crippen MR) is 100 cm³/mol. The Bertz CT molecular complexity index is 1010. The third-order valence-corrected chi connectivity index (χ3v) is 3.81. The zero-order chi connectivity index (χ0) is 19.4. The lowest BCUT2D eigenvalue weighted by atomic mass is 10.1. The van der Waals surface area contributed by atoms with Crippen LogP contribution in [0.1, 0.15) is 43.8 Å². The summed E-state index contributed by atoms with van der Waals surface area (Å²) in [5, 5.41) is 9.04. The van der Waals surface area contributed by atoms with E-state index in [1.165, 1.54) is 6.92 Å². The van der Waals surface area contributed by atoms with Gasteiger partial charge < -0.3 is 15.2 Å².